The first kappa shape index (κ1) is 19.6. The molecule has 0 saturated carbocycles. The van der Waals surface area contributed by atoms with E-state index < -0.39 is 0 Å². The van der Waals surface area contributed by atoms with Crippen molar-refractivity contribution in [3.05, 3.63) is 47.4 Å². The van der Waals surface area contributed by atoms with Crippen LogP contribution in [0.15, 0.2) is 30.5 Å². The Morgan fingerprint density at radius 3 is 2.61 bits per heavy atom. The highest BCUT2D eigenvalue weighted by Gasteiger charge is 2.23. The fraction of sp³-hybridized carbons (Fsp3) is 0.400. The molecule has 2 N–H and O–H groups in total. The van der Waals surface area contributed by atoms with Gasteiger partial charge in [0.05, 0.1) is 17.8 Å². The SMILES string of the molecule is CNC(=O)Cc1cccc(NC(=O)N2CCN(c3nc(C)cnc3C)CC2)c1. The van der Waals surface area contributed by atoms with Crippen LogP contribution in [0, 0.1) is 13.8 Å². The summed E-state index contributed by atoms with van der Waals surface area (Å²) in [6.07, 6.45) is 2.05. The monoisotopic (exact) mass is 382 g/mol. The molecule has 0 bridgehead atoms. The predicted octanol–water partition coefficient (Wildman–Crippen LogP) is 1.74. The van der Waals surface area contributed by atoms with Crippen LogP contribution in [0.4, 0.5) is 16.3 Å². The van der Waals surface area contributed by atoms with Gasteiger partial charge >= 0.3 is 6.03 Å². The zero-order valence-corrected chi connectivity index (χ0v) is 16.5. The highest BCUT2D eigenvalue weighted by atomic mass is 16.2. The van der Waals surface area contributed by atoms with Crippen molar-refractivity contribution in [2.24, 2.45) is 0 Å². The third kappa shape index (κ3) is 4.76. The average molecular weight is 382 g/mol. The van der Waals surface area contributed by atoms with Crippen molar-refractivity contribution < 1.29 is 9.59 Å². The van der Waals surface area contributed by atoms with E-state index in [2.05, 4.69) is 25.5 Å². The molecule has 0 unspecified atom stereocenters. The maximum atomic E-state index is 12.6. The van der Waals surface area contributed by atoms with Gasteiger partial charge in [-0.2, -0.15) is 0 Å². The standard InChI is InChI=1S/C20H26N6O2/c1-14-13-22-15(2)19(23-14)25-7-9-26(10-8-25)20(28)24-17-6-4-5-16(11-17)12-18(27)21-3/h4-6,11,13H,7-10,12H2,1-3H3,(H,21,27)(H,24,28). The average Bonchev–Trinajstić information content (AvgIpc) is 2.70. The number of piperazine rings is 1. The van der Waals surface area contributed by atoms with Gasteiger partial charge in [0, 0.05) is 45.1 Å². The van der Waals surface area contributed by atoms with Crippen LogP contribution >= 0.6 is 0 Å². The Balaban J connectivity index is 1.58. The van der Waals surface area contributed by atoms with E-state index >= 15 is 0 Å². The molecule has 3 rings (SSSR count). The molecule has 1 aromatic carbocycles. The quantitative estimate of drug-likeness (QED) is 0.841. The van der Waals surface area contributed by atoms with Crippen LogP contribution < -0.4 is 15.5 Å². The van der Waals surface area contributed by atoms with Crippen LogP contribution in [0.2, 0.25) is 0 Å². The summed E-state index contributed by atoms with van der Waals surface area (Å²) in [5.74, 6) is 0.830. The zero-order valence-electron chi connectivity index (χ0n) is 16.5. The smallest absolute Gasteiger partial charge is 0.321 e. The first-order chi connectivity index (χ1) is 13.5. The molecule has 3 amide bonds. The molecular formula is C20H26N6O2. The number of aryl methyl sites for hydroxylation is 2. The molecule has 8 nitrogen and oxygen atoms in total. The molecule has 148 valence electrons. The Kier molecular flexibility index (Phi) is 6.08. The van der Waals surface area contributed by atoms with E-state index in [1.54, 1.807) is 18.1 Å². The van der Waals surface area contributed by atoms with Crippen molar-refractivity contribution in [2.75, 3.05) is 43.4 Å². The summed E-state index contributed by atoms with van der Waals surface area (Å²) in [5, 5.41) is 5.53. The Bertz CT molecular complexity index is 862. The summed E-state index contributed by atoms with van der Waals surface area (Å²) in [4.78, 5) is 37.1. The summed E-state index contributed by atoms with van der Waals surface area (Å²) < 4.78 is 0. The third-order valence-electron chi connectivity index (χ3n) is 4.74. The molecule has 1 fully saturated rings. The lowest BCUT2D eigenvalue weighted by atomic mass is 10.1. The number of likely N-dealkylation sites (N-methyl/N-ethyl adjacent to an activating group) is 1. The molecular weight excluding hydrogens is 356 g/mol. The second-order valence-corrected chi connectivity index (χ2v) is 6.87. The molecule has 1 aliphatic rings. The normalized spacial score (nSPS) is 14.0. The predicted molar refractivity (Wildman–Crippen MR) is 109 cm³/mol. The van der Waals surface area contributed by atoms with Crippen LogP contribution in [-0.2, 0) is 11.2 Å². The highest BCUT2D eigenvalue weighted by molar-refractivity contribution is 5.89. The largest absolute Gasteiger partial charge is 0.359 e. The van der Waals surface area contributed by atoms with E-state index in [9.17, 15) is 9.59 Å². The van der Waals surface area contributed by atoms with Crippen molar-refractivity contribution in [2.45, 2.75) is 20.3 Å². The summed E-state index contributed by atoms with van der Waals surface area (Å²) >= 11 is 0. The van der Waals surface area contributed by atoms with Gasteiger partial charge in [-0.15, -0.1) is 0 Å². The van der Waals surface area contributed by atoms with Gasteiger partial charge in [0.1, 0.15) is 5.82 Å². The summed E-state index contributed by atoms with van der Waals surface area (Å²) in [6.45, 7) is 6.52. The van der Waals surface area contributed by atoms with E-state index in [0.29, 0.717) is 31.9 Å². The number of urea groups is 1. The van der Waals surface area contributed by atoms with Crippen molar-refractivity contribution >= 4 is 23.4 Å². The molecule has 8 heteroatoms. The number of benzene rings is 1. The summed E-state index contributed by atoms with van der Waals surface area (Å²) in [6, 6.07) is 7.23. The van der Waals surface area contributed by atoms with Crippen molar-refractivity contribution in [1.82, 2.24) is 20.2 Å². The maximum absolute atomic E-state index is 12.6. The minimum atomic E-state index is -0.135. The van der Waals surface area contributed by atoms with Crippen LogP contribution in [0.3, 0.4) is 0 Å². The van der Waals surface area contributed by atoms with Crippen molar-refractivity contribution in [3.63, 3.8) is 0 Å². The van der Waals surface area contributed by atoms with Crippen LogP contribution in [0.5, 0.6) is 0 Å². The molecule has 0 atom stereocenters. The fourth-order valence-corrected chi connectivity index (χ4v) is 3.18. The number of carbonyl (C=O) groups excluding carboxylic acids is 2. The minimum Gasteiger partial charge on any atom is -0.359 e. The molecule has 2 aromatic rings. The van der Waals surface area contributed by atoms with E-state index in [1.165, 1.54) is 0 Å². The molecule has 1 aromatic heterocycles. The first-order valence-corrected chi connectivity index (χ1v) is 9.37. The van der Waals surface area contributed by atoms with Crippen molar-refractivity contribution in [3.8, 4) is 0 Å². The molecule has 28 heavy (non-hydrogen) atoms. The van der Waals surface area contributed by atoms with Crippen molar-refractivity contribution in [1.29, 1.82) is 0 Å². The first-order valence-electron chi connectivity index (χ1n) is 9.37. The molecule has 0 radical (unpaired) electrons. The molecule has 0 spiro atoms. The number of hydrogen-bond donors (Lipinski definition) is 2. The number of nitrogens with zero attached hydrogens (tertiary/aromatic N) is 4. The number of amides is 3. The van der Waals surface area contributed by atoms with Crippen LogP contribution in [0.25, 0.3) is 0 Å². The lowest BCUT2D eigenvalue weighted by Gasteiger charge is -2.35. The van der Waals surface area contributed by atoms with Gasteiger partial charge in [-0.1, -0.05) is 12.1 Å². The Labute approximate surface area is 165 Å². The maximum Gasteiger partial charge on any atom is 0.321 e. The van der Waals surface area contributed by atoms with Crippen LogP contribution in [0.1, 0.15) is 17.0 Å². The van der Waals surface area contributed by atoms with Gasteiger partial charge in [-0.05, 0) is 31.5 Å². The second-order valence-electron chi connectivity index (χ2n) is 6.87. The van der Waals surface area contributed by atoms with Gasteiger partial charge in [-0.25, -0.2) is 9.78 Å². The number of carbonyl (C=O) groups is 2. The third-order valence-corrected chi connectivity index (χ3v) is 4.74. The molecule has 1 aliphatic heterocycles. The topological polar surface area (TPSA) is 90.5 Å². The summed E-state index contributed by atoms with van der Waals surface area (Å²) in [5.41, 5.74) is 3.33. The lowest BCUT2D eigenvalue weighted by Crippen LogP contribution is -2.50. The lowest BCUT2D eigenvalue weighted by molar-refractivity contribution is -0.119. The Morgan fingerprint density at radius 2 is 1.89 bits per heavy atom. The number of hydrogen-bond acceptors (Lipinski definition) is 5. The van der Waals surface area contributed by atoms with E-state index in [0.717, 1.165) is 22.8 Å². The number of anilines is 2. The second kappa shape index (κ2) is 8.69. The van der Waals surface area contributed by atoms with E-state index in [1.807, 2.05) is 38.1 Å². The van der Waals surface area contributed by atoms with Gasteiger partial charge in [-0.3, -0.25) is 9.78 Å². The van der Waals surface area contributed by atoms with Gasteiger partial charge < -0.3 is 20.4 Å². The summed E-state index contributed by atoms with van der Waals surface area (Å²) in [7, 11) is 1.61. The molecule has 2 heterocycles. The zero-order chi connectivity index (χ0) is 20.1. The fourth-order valence-electron chi connectivity index (χ4n) is 3.18. The number of aromatic nitrogens is 2. The molecule has 0 aliphatic carbocycles. The number of nitrogens with one attached hydrogen (secondary N) is 2. The highest BCUT2D eigenvalue weighted by Crippen LogP contribution is 2.18. The Hall–Kier alpha value is -3.16. The Morgan fingerprint density at radius 1 is 1.14 bits per heavy atom. The van der Waals surface area contributed by atoms with Gasteiger partial charge in [0.2, 0.25) is 5.91 Å². The van der Waals surface area contributed by atoms with E-state index in [-0.39, 0.29) is 18.4 Å². The van der Waals surface area contributed by atoms with E-state index in [4.69, 9.17) is 0 Å². The molecule has 1 saturated heterocycles. The van der Waals surface area contributed by atoms with Gasteiger partial charge in [0.25, 0.3) is 0 Å². The minimum absolute atomic E-state index is 0.0610. The van der Waals surface area contributed by atoms with Crippen LogP contribution in [-0.4, -0.2) is 60.0 Å². The number of rotatable bonds is 4. The van der Waals surface area contributed by atoms with Gasteiger partial charge in [0.15, 0.2) is 0 Å².